The number of allylic oxidation sites excluding steroid dienone is 1. The second kappa shape index (κ2) is 7.32. The van der Waals surface area contributed by atoms with Crippen molar-refractivity contribution in [2.45, 2.75) is 124 Å². The molecule has 0 bridgehead atoms. The molecule has 0 amide bonds. The molecule has 5 aliphatic rings. The summed E-state index contributed by atoms with van der Waals surface area (Å²) in [5, 5.41) is 20.0. The Morgan fingerprint density at radius 3 is 2.27 bits per heavy atom. The standard InChI is InChI=1S/C30H50O3/c1-20(9-8-14-25(2,3)33-32)21-12-15-28(7)23-11-10-22-26(4,5)24(31)13-16-29(22)19-30(23,29)18-17-27(21,28)6/h8,14,20-24,31-32H,9-13,15-19H2,1-7H3/b14-8+/t20?,21-,22?,23+,24+,27-,28+,29-,30+/m1/s1. The molecule has 5 rings (SSSR count). The molecule has 33 heavy (non-hydrogen) atoms. The number of aliphatic hydroxyl groups is 1. The van der Waals surface area contributed by atoms with Gasteiger partial charge in [0.1, 0.15) is 5.60 Å². The third kappa shape index (κ3) is 3.03. The van der Waals surface area contributed by atoms with Crippen LogP contribution in [0.4, 0.5) is 0 Å². The van der Waals surface area contributed by atoms with Crippen molar-refractivity contribution in [1.29, 1.82) is 0 Å². The first-order valence-electron chi connectivity index (χ1n) is 14.0. The zero-order chi connectivity index (χ0) is 24.1. The van der Waals surface area contributed by atoms with Crippen molar-refractivity contribution in [2.24, 2.45) is 50.7 Å². The highest BCUT2D eigenvalue weighted by atomic mass is 17.1. The largest absolute Gasteiger partial charge is 0.393 e. The van der Waals surface area contributed by atoms with Crippen LogP contribution in [0.15, 0.2) is 12.2 Å². The van der Waals surface area contributed by atoms with Gasteiger partial charge in [0.05, 0.1) is 6.10 Å². The Kier molecular flexibility index (Phi) is 5.40. The Bertz CT molecular complexity index is 815. The first kappa shape index (κ1) is 24.3. The smallest absolute Gasteiger partial charge is 0.116 e. The summed E-state index contributed by atoms with van der Waals surface area (Å²) < 4.78 is 0. The summed E-state index contributed by atoms with van der Waals surface area (Å²) in [6, 6.07) is 0. The fourth-order valence-electron chi connectivity index (χ4n) is 11.1. The summed E-state index contributed by atoms with van der Waals surface area (Å²) in [6.45, 7) is 16.4. The van der Waals surface area contributed by atoms with Crippen LogP contribution in [-0.2, 0) is 4.89 Å². The van der Waals surface area contributed by atoms with E-state index in [1.165, 1.54) is 51.4 Å². The molecule has 0 aromatic rings. The van der Waals surface area contributed by atoms with Crippen LogP contribution in [0.3, 0.4) is 0 Å². The van der Waals surface area contributed by atoms with Crippen LogP contribution in [0, 0.1) is 50.7 Å². The van der Waals surface area contributed by atoms with Gasteiger partial charge in [-0.3, -0.25) is 5.26 Å². The molecular formula is C30H50O3. The van der Waals surface area contributed by atoms with Crippen molar-refractivity contribution < 1.29 is 15.3 Å². The van der Waals surface area contributed by atoms with Gasteiger partial charge in [-0.05, 0) is 129 Å². The first-order valence-corrected chi connectivity index (χ1v) is 14.0. The van der Waals surface area contributed by atoms with Crippen molar-refractivity contribution in [2.75, 3.05) is 0 Å². The van der Waals surface area contributed by atoms with Gasteiger partial charge < -0.3 is 5.11 Å². The molecular weight excluding hydrogens is 408 g/mol. The molecule has 5 saturated carbocycles. The normalized spacial score (nSPS) is 51.4. The minimum atomic E-state index is -0.606. The van der Waals surface area contributed by atoms with Crippen LogP contribution in [0.1, 0.15) is 113 Å². The van der Waals surface area contributed by atoms with Gasteiger partial charge in [-0.1, -0.05) is 46.8 Å². The predicted molar refractivity (Wildman–Crippen MR) is 134 cm³/mol. The van der Waals surface area contributed by atoms with E-state index in [4.69, 9.17) is 5.26 Å². The Balaban J connectivity index is 1.38. The molecule has 0 aromatic carbocycles. The zero-order valence-electron chi connectivity index (χ0n) is 22.4. The summed E-state index contributed by atoms with van der Waals surface area (Å²) in [5.74, 6) is 3.03. The minimum absolute atomic E-state index is 0.0828. The molecule has 5 fully saturated rings. The fraction of sp³-hybridized carbons (Fsp3) is 0.933. The highest BCUT2D eigenvalue weighted by Crippen LogP contribution is 2.89. The molecule has 0 aromatic heterocycles. The average molecular weight is 459 g/mol. The second-order valence-corrected chi connectivity index (χ2v) is 14.8. The average Bonchev–Trinajstić information content (AvgIpc) is 3.33. The number of hydrogen-bond donors (Lipinski definition) is 2. The van der Waals surface area contributed by atoms with Gasteiger partial charge in [-0.25, -0.2) is 4.89 Å². The summed E-state index contributed by atoms with van der Waals surface area (Å²) in [6.07, 6.45) is 17.3. The SMILES string of the molecule is CC(C/C=C/C(C)(C)OO)[C@H]1CC[C@@]2(C)[C@@H]3CCC4C(C)(C)[C@@H](O)CC[C@@]45C[C@@]35CC[C@]12C. The first-order chi connectivity index (χ1) is 15.3. The summed E-state index contributed by atoms with van der Waals surface area (Å²) in [5.41, 5.74) is 1.47. The van der Waals surface area contributed by atoms with Crippen molar-refractivity contribution in [3.63, 3.8) is 0 Å². The van der Waals surface area contributed by atoms with E-state index < -0.39 is 5.60 Å². The molecule has 188 valence electrons. The lowest BCUT2D eigenvalue weighted by atomic mass is 9.42. The van der Waals surface area contributed by atoms with E-state index in [0.717, 1.165) is 30.6 Å². The van der Waals surface area contributed by atoms with E-state index in [0.29, 0.717) is 27.6 Å². The number of rotatable bonds is 5. The summed E-state index contributed by atoms with van der Waals surface area (Å²) >= 11 is 0. The molecule has 2 spiro atoms. The molecule has 0 aliphatic heterocycles. The highest BCUT2D eigenvalue weighted by molar-refractivity contribution is 5.30. The maximum absolute atomic E-state index is 10.8. The summed E-state index contributed by atoms with van der Waals surface area (Å²) in [7, 11) is 0. The van der Waals surface area contributed by atoms with Crippen LogP contribution in [0.2, 0.25) is 0 Å². The number of fused-ring (bicyclic) bond motifs is 2. The molecule has 2 N–H and O–H groups in total. The quantitative estimate of drug-likeness (QED) is 0.253. The van der Waals surface area contributed by atoms with Gasteiger partial charge >= 0.3 is 0 Å². The van der Waals surface area contributed by atoms with Crippen LogP contribution in [0.5, 0.6) is 0 Å². The zero-order valence-corrected chi connectivity index (χ0v) is 22.4. The highest BCUT2D eigenvalue weighted by Gasteiger charge is 2.82. The van der Waals surface area contributed by atoms with E-state index in [-0.39, 0.29) is 11.5 Å². The molecule has 3 nitrogen and oxygen atoms in total. The van der Waals surface area contributed by atoms with E-state index in [2.05, 4.69) is 45.6 Å². The van der Waals surface area contributed by atoms with E-state index in [1.54, 1.807) is 0 Å². The fourth-order valence-corrected chi connectivity index (χ4v) is 11.1. The molecule has 0 radical (unpaired) electrons. The third-order valence-electron chi connectivity index (χ3n) is 13.1. The van der Waals surface area contributed by atoms with Gasteiger partial charge in [-0.15, -0.1) is 0 Å². The van der Waals surface area contributed by atoms with E-state index >= 15 is 0 Å². The van der Waals surface area contributed by atoms with Crippen molar-refractivity contribution in [3.05, 3.63) is 12.2 Å². The molecule has 3 heteroatoms. The van der Waals surface area contributed by atoms with E-state index in [1.807, 2.05) is 19.9 Å². The maximum Gasteiger partial charge on any atom is 0.116 e. The second-order valence-electron chi connectivity index (χ2n) is 14.8. The lowest BCUT2D eigenvalue weighted by Gasteiger charge is -2.63. The van der Waals surface area contributed by atoms with Crippen molar-refractivity contribution in [1.82, 2.24) is 0 Å². The van der Waals surface area contributed by atoms with Crippen molar-refractivity contribution >= 4 is 0 Å². The Hall–Kier alpha value is -0.380. The topological polar surface area (TPSA) is 49.7 Å². The lowest BCUT2D eigenvalue weighted by molar-refractivity contribution is -0.297. The third-order valence-corrected chi connectivity index (χ3v) is 13.1. The monoisotopic (exact) mass is 458 g/mol. The van der Waals surface area contributed by atoms with Gasteiger partial charge in [0.2, 0.25) is 0 Å². The van der Waals surface area contributed by atoms with Gasteiger partial charge in [0, 0.05) is 0 Å². The molecule has 9 atom stereocenters. The van der Waals surface area contributed by atoms with Crippen LogP contribution >= 0.6 is 0 Å². The number of hydrogen-bond acceptors (Lipinski definition) is 3. The van der Waals surface area contributed by atoms with Crippen LogP contribution < -0.4 is 0 Å². The van der Waals surface area contributed by atoms with Crippen LogP contribution in [0.25, 0.3) is 0 Å². The minimum Gasteiger partial charge on any atom is -0.393 e. The lowest BCUT2D eigenvalue weighted by Crippen LogP contribution is -2.57. The van der Waals surface area contributed by atoms with Gasteiger partial charge in [0.25, 0.3) is 0 Å². The van der Waals surface area contributed by atoms with E-state index in [9.17, 15) is 5.11 Å². The molecule has 2 unspecified atom stereocenters. The predicted octanol–water partition coefficient (Wildman–Crippen LogP) is 7.64. The van der Waals surface area contributed by atoms with Gasteiger partial charge in [0.15, 0.2) is 0 Å². The maximum atomic E-state index is 10.8. The van der Waals surface area contributed by atoms with Crippen LogP contribution in [-0.4, -0.2) is 22.1 Å². The molecule has 5 aliphatic carbocycles. The molecule has 0 saturated heterocycles. The summed E-state index contributed by atoms with van der Waals surface area (Å²) in [4.78, 5) is 4.60. The number of aliphatic hydroxyl groups excluding tert-OH is 1. The van der Waals surface area contributed by atoms with Crippen molar-refractivity contribution in [3.8, 4) is 0 Å². The Labute approximate surface area is 202 Å². The van der Waals surface area contributed by atoms with Gasteiger partial charge in [-0.2, -0.15) is 0 Å². The Morgan fingerprint density at radius 2 is 1.58 bits per heavy atom. The Morgan fingerprint density at radius 1 is 0.909 bits per heavy atom. The molecule has 0 heterocycles.